The molecule has 5 nitrogen and oxygen atoms in total. The van der Waals surface area contributed by atoms with Gasteiger partial charge in [-0.2, -0.15) is 0 Å². The summed E-state index contributed by atoms with van der Waals surface area (Å²) in [6, 6.07) is 11.4. The van der Waals surface area contributed by atoms with Crippen molar-refractivity contribution in [2.45, 2.75) is 26.8 Å². The summed E-state index contributed by atoms with van der Waals surface area (Å²) in [7, 11) is 0. The highest BCUT2D eigenvalue weighted by Gasteiger charge is 2.16. The summed E-state index contributed by atoms with van der Waals surface area (Å²) < 4.78 is 14.6. The third-order valence-electron chi connectivity index (χ3n) is 4.01. The molecule has 1 aromatic heterocycles. The summed E-state index contributed by atoms with van der Waals surface area (Å²) in [5.74, 6) is -0.831. The number of carbonyl (C=O) groups excluding carboxylic acids is 1. The number of carbonyl (C=O) groups is 1. The SMILES string of the molecule is CCn1c(O)c(N=NC(=O)Cc2ccc(F)cc2)c2cc(C)ccc21. The third kappa shape index (κ3) is 3.42. The molecule has 0 radical (unpaired) electrons. The van der Waals surface area contributed by atoms with Crippen LogP contribution in [-0.4, -0.2) is 15.6 Å². The average molecular weight is 339 g/mol. The summed E-state index contributed by atoms with van der Waals surface area (Å²) >= 11 is 0. The monoisotopic (exact) mass is 339 g/mol. The van der Waals surface area contributed by atoms with Gasteiger partial charge in [-0.1, -0.05) is 23.8 Å². The van der Waals surface area contributed by atoms with E-state index in [0.29, 0.717) is 12.1 Å². The van der Waals surface area contributed by atoms with Gasteiger partial charge in [0.25, 0.3) is 5.91 Å². The fraction of sp³-hybridized carbons (Fsp3) is 0.211. The molecule has 0 saturated carbocycles. The lowest BCUT2D eigenvalue weighted by Gasteiger charge is -2.01. The first-order valence-electron chi connectivity index (χ1n) is 8.00. The highest BCUT2D eigenvalue weighted by Crippen LogP contribution is 2.39. The normalized spacial score (nSPS) is 11.5. The fourth-order valence-electron chi connectivity index (χ4n) is 2.77. The minimum Gasteiger partial charge on any atom is -0.493 e. The molecule has 0 atom stereocenters. The zero-order chi connectivity index (χ0) is 18.0. The van der Waals surface area contributed by atoms with Crippen LogP contribution in [0.1, 0.15) is 18.1 Å². The zero-order valence-corrected chi connectivity index (χ0v) is 14.0. The molecular weight excluding hydrogens is 321 g/mol. The van der Waals surface area contributed by atoms with Crippen molar-refractivity contribution in [1.29, 1.82) is 0 Å². The largest absolute Gasteiger partial charge is 0.493 e. The van der Waals surface area contributed by atoms with Gasteiger partial charge in [-0.25, -0.2) is 4.39 Å². The first-order valence-corrected chi connectivity index (χ1v) is 8.00. The zero-order valence-electron chi connectivity index (χ0n) is 14.0. The van der Waals surface area contributed by atoms with E-state index < -0.39 is 5.91 Å². The molecule has 3 rings (SSSR count). The first kappa shape index (κ1) is 16.8. The minimum atomic E-state index is -0.462. The van der Waals surface area contributed by atoms with Crippen LogP contribution in [0.15, 0.2) is 52.7 Å². The molecule has 0 aliphatic heterocycles. The van der Waals surface area contributed by atoms with Crippen LogP contribution in [0, 0.1) is 12.7 Å². The van der Waals surface area contributed by atoms with E-state index >= 15 is 0 Å². The highest BCUT2D eigenvalue weighted by atomic mass is 19.1. The van der Waals surface area contributed by atoms with Gasteiger partial charge >= 0.3 is 0 Å². The molecule has 6 heteroatoms. The smallest absolute Gasteiger partial charge is 0.269 e. The van der Waals surface area contributed by atoms with Crippen LogP contribution in [-0.2, 0) is 17.8 Å². The molecule has 0 fully saturated rings. The number of hydrogen-bond donors (Lipinski definition) is 1. The summed E-state index contributed by atoms with van der Waals surface area (Å²) in [4.78, 5) is 12.0. The van der Waals surface area contributed by atoms with E-state index in [9.17, 15) is 14.3 Å². The van der Waals surface area contributed by atoms with Crippen molar-refractivity contribution in [1.82, 2.24) is 4.57 Å². The molecule has 1 amide bonds. The number of hydrogen-bond acceptors (Lipinski definition) is 3. The minimum absolute atomic E-state index is 0.0126. The second-order valence-corrected chi connectivity index (χ2v) is 5.83. The number of rotatable bonds is 4. The van der Waals surface area contributed by atoms with Crippen molar-refractivity contribution in [3.63, 3.8) is 0 Å². The molecule has 0 saturated heterocycles. The Kier molecular flexibility index (Phi) is 4.61. The van der Waals surface area contributed by atoms with Gasteiger partial charge in [0.15, 0.2) is 5.69 Å². The number of aromatic hydroxyl groups is 1. The molecule has 1 N–H and O–H groups in total. The molecule has 0 bridgehead atoms. The predicted octanol–water partition coefficient (Wildman–Crippen LogP) is 4.67. The lowest BCUT2D eigenvalue weighted by atomic mass is 10.1. The number of nitrogens with zero attached hydrogens (tertiary/aromatic N) is 3. The van der Waals surface area contributed by atoms with Gasteiger partial charge in [0.05, 0.1) is 11.9 Å². The second kappa shape index (κ2) is 6.84. The van der Waals surface area contributed by atoms with E-state index in [1.54, 1.807) is 4.57 Å². The maximum atomic E-state index is 12.9. The van der Waals surface area contributed by atoms with Crippen molar-refractivity contribution >= 4 is 22.5 Å². The first-order chi connectivity index (χ1) is 12.0. The molecule has 128 valence electrons. The molecule has 0 aliphatic rings. The topological polar surface area (TPSA) is 66.9 Å². The van der Waals surface area contributed by atoms with Crippen molar-refractivity contribution in [3.05, 3.63) is 59.4 Å². The van der Waals surface area contributed by atoms with Gasteiger partial charge in [0.2, 0.25) is 5.88 Å². The maximum absolute atomic E-state index is 12.9. The highest BCUT2D eigenvalue weighted by molar-refractivity contribution is 5.95. The van der Waals surface area contributed by atoms with E-state index in [-0.39, 0.29) is 23.8 Å². The van der Waals surface area contributed by atoms with E-state index in [0.717, 1.165) is 16.5 Å². The summed E-state index contributed by atoms with van der Waals surface area (Å²) in [6.07, 6.45) is 0.0238. The summed E-state index contributed by atoms with van der Waals surface area (Å²) in [6.45, 7) is 4.43. The molecule has 0 unspecified atom stereocenters. The number of azo groups is 1. The van der Waals surface area contributed by atoms with Crippen LogP contribution in [0.25, 0.3) is 10.9 Å². The van der Waals surface area contributed by atoms with Crippen LogP contribution in [0.2, 0.25) is 0 Å². The van der Waals surface area contributed by atoms with Gasteiger partial charge in [-0.3, -0.25) is 4.79 Å². The number of halogens is 1. The number of fused-ring (bicyclic) bond motifs is 1. The molecule has 25 heavy (non-hydrogen) atoms. The van der Waals surface area contributed by atoms with Crippen LogP contribution in [0.3, 0.4) is 0 Å². The summed E-state index contributed by atoms with van der Waals surface area (Å²) in [5, 5.41) is 18.8. The van der Waals surface area contributed by atoms with Gasteiger partial charge in [0, 0.05) is 11.9 Å². The van der Waals surface area contributed by atoms with E-state index in [2.05, 4.69) is 10.2 Å². The Morgan fingerprint density at radius 3 is 2.60 bits per heavy atom. The molecular formula is C19H18FN3O2. The lowest BCUT2D eigenvalue weighted by molar-refractivity contribution is -0.117. The molecule has 3 aromatic rings. The van der Waals surface area contributed by atoms with Crippen molar-refractivity contribution in [2.75, 3.05) is 0 Å². The lowest BCUT2D eigenvalue weighted by Crippen LogP contribution is -1.97. The Morgan fingerprint density at radius 2 is 1.92 bits per heavy atom. The molecule has 2 aromatic carbocycles. The second-order valence-electron chi connectivity index (χ2n) is 5.83. The van der Waals surface area contributed by atoms with Crippen LogP contribution in [0.5, 0.6) is 5.88 Å². The Morgan fingerprint density at radius 1 is 1.20 bits per heavy atom. The molecule has 0 spiro atoms. The number of amides is 1. The number of aromatic nitrogens is 1. The van der Waals surface area contributed by atoms with Gasteiger partial charge < -0.3 is 9.67 Å². The average Bonchev–Trinajstić information content (AvgIpc) is 2.85. The van der Waals surface area contributed by atoms with E-state index in [1.165, 1.54) is 24.3 Å². The maximum Gasteiger partial charge on any atom is 0.269 e. The summed E-state index contributed by atoms with van der Waals surface area (Å²) in [5.41, 5.74) is 2.80. The Hall–Kier alpha value is -3.02. The van der Waals surface area contributed by atoms with E-state index in [1.807, 2.05) is 32.0 Å². The van der Waals surface area contributed by atoms with Crippen molar-refractivity contribution < 1.29 is 14.3 Å². The van der Waals surface area contributed by atoms with Crippen molar-refractivity contribution in [3.8, 4) is 5.88 Å². The van der Waals surface area contributed by atoms with E-state index in [4.69, 9.17) is 0 Å². The quantitative estimate of drug-likeness (QED) is 0.702. The van der Waals surface area contributed by atoms with Crippen LogP contribution in [0.4, 0.5) is 10.1 Å². The molecule has 0 aliphatic carbocycles. The number of benzene rings is 2. The fourth-order valence-corrected chi connectivity index (χ4v) is 2.77. The molecule has 1 heterocycles. The number of aryl methyl sites for hydroxylation is 2. The Bertz CT molecular complexity index is 959. The van der Waals surface area contributed by atoms with Crippen LogP contribution >= 0.6 is 0 Å². The van der Waals surface area contributed by atoms with Gasteiger partial charge in [0.1, 0.15) is 5.82 Å². The van der Waals surface area contributed by atoms with Gasteiger partial charge in [-0.05, 0) is 43.7 Å². The standard InChI is InChI=1S/C19H18FN3O2/c1-3-23-16-9-4-12(2)10-15(16)18(19(23)25)22-21-17(24)11-13-5-7-14(20)8-6-13/h4-10,25H,3,11H2,1-2H3. The van der Waals surface area contributed by atoms with Crippen LogP contribution < -0.4 is 0 Å². The Labute approximate surface area is 144 Å². The van der Waals surface area contributed by atoms with Crippen molar-refractivity contribution in [2.24, 2.45) is 10.2 Å². The predicted molar refractivity (Wildman–Crippen MR) is 93.6 cm³/mol. The Balaban J connectivity index is 1.90. The van der Waals surface area contributed by atoms with Gasteiger partial charge in [-0.15, -0.1) is 10.2 Å². The third-order valence-corrected chi connectivity index (χ3v) is 4.01.